The van der Waals surface area contributed by atoms with Crippen LogP contribution < -0.4 is 0 Å². The molecule has 0 amide bonds. The lowest BCUT2D eigenvalue weighted by Crippen LogP contribution is -2.43. The molecule has 136 valence electrons. The van der Waals surface area contributed by atoms with Crippen molar-refractivity contribution in [3.8, 4) is 0 Å². The summed E-state index contributed by atoms with van der Waals surface area (Å²) in [4.78, 5) is 25.5. The van der Waals surface area contributed by atoms with Crippen molar-refractivity contribution in [2.75, 3.05) is 13.2 Å². The van der Waals surface area contributed by atoms with E-state index in [9.17, 15) is 9.59 Å². The van der Waals surface area contributed by atoms with Gasteiger partial charge in [-0.05, 0) is 69.1 Å². The molecule has 2 aliphatic heterocycles. The van der Waals surface area contributed by atoms with Gasteiger partial charge in [0.05, 0.1) is 24.9 Å². The van der Waals surface area contributed by atoms with Crippen molar-refractivity contribution < 1.29 is 23.8 Å². The van der Waals surface area contributed by atoms with Crippen molar-refractivity contribution >= 4 is 11.9 Å². The molecule has 0 radical (unpaired) electrons. The van der Waals surface area contributed by atoms with Crippen LogP contribution in [0.2, 0.25) is 0 Å². The predicted octanol–water partition coefficient (Wildman–Crippen LogP) is 3.09. The molecule has 2 heterocycles. The quantitative estimate of drug-likeness (QED) is 0.578. The highest BCUT2D eigenvalue weighted by Gasteiger charge is 2.67. The highest BCUT2D eigenvalue weighted by atomic mass is 16.6. The maximum Gasteiger partial charge on any atom is 0.323 e. The first kappa shape index (κ1) is 16.8. The molecule has 3 atom stereocenters. The molecular weight excluding hydrogens is 320 g/mol. The second-order valence-corrected chi connectivity index (χ2v) is 7.62. The number of ether oxygens (including phenoxy) is 3. The van der Waals surface area contributed by atoms with Gasteiger partial charge in [-0.15, -0.1) is 0 Å². The minimum atomic E-state index is -1.23. The molecule has 5 nitrogen and oxygen atoms in total. The number of hydrogen-bond acceptors (Lipinski definition) is 5. The molecule has 2 bridgehead atoms. The average molecular weight is 346 g/mol. The number of fused-ring (bicyclic) bond motifs is 3. The molecule has 4 aliphatic rings. The van der Waals surface area contributed by atoms with Gasteiger partial charge in [0, 0.05) is 6.42 Å². The number of allylic oxidation sites excluding steroid dienone is 1. The van der Waals surface area contributed by atoms with Crippen LogP contribution in [0.4, 0.5) is 0 Å². The van der Waals surface area contributed by atoms with Gasteiger partial charge in [0.1, 0.15) is 0 Å². The average Bonchev–Trinajstić information content (AvgIpc) is 3.04. The zero-order valence-electron chi connectivity index (χ0n) is 15.0. The summed E-state index contributed by atoms with van der Waals surface area (Å²) in [5, 5.41) is 0. The number of esters is 2. The Hall–Kier alpha value is -1.62. The Morgan fingerprint density at radius 1 is 1.24 bits per heavy atom. The van der Waals surface area contributed by atoms with E-state index in [1.54, 1.807) is 13.8 Å². The van der Waals surface area contributed by atoms with E-state index >= 15 is 0 Å². The van der Waals surface area contributed by atoms with Gasteiger partial charge in [-0.1, -0.05) is 6.08 Å². The van der Waals surface area contributed by atoms with Crippen LogP contribution in [0.15, 0.2) is 23.3 Å². The van der Waals surface area contributed by atoms with E-state index in [4.69, 9.17) is 14.2 Å². The Labute approximate surface area is 148 Å². The third kappa shape index (κ3) is 2.39. The van der Waals surface area contributed by atoms with Crippen molar-refractivity contribution in [2.45, 2.75) is 64.1 Å². The van der Waals surface area contributed by atoms with Gasteiger partial charge in [0.2, 0.25) is 0 Å². The molecular formula is C20H26O5. The molecule has 0 aromatic carbocycles. The summed E-state index contributed by atoms with van der Waals surface area (Å²) in [6.07, 6.45) is 9.63. The largest absolute Gasteiger partial charge is 0.465 e. The van der Waals surface area contributed by atoms with Gasteiger partial charge in [-0.3, -0.25) is 9.59 Å². The van der Waals surface area contributed by atoms with Gasteiger partial charge in [-0.25, -0.2) is 0 Å². The fourth-order valence-electron chi connectivity index (χ4n) is 5.21. The normalized spacial score (nSPS) is 34.5. The Morgan fingerprint density at radius 2 is 1.96 bits per heavy atom. The molecule has 0 aromatic heterocycles. The predicted molar refractivity (Wildman–Crippen MR) is 90.7 cm³/mol. The Balaban J connectivity index is 1.71. The van der Waals surface area contributed by atoms with E-state index in [2.05, 4.69) is 12.2 Å². The van der Waals surface area contributed by atoms with Crippen molar-refractivity contribution in [1.29, 1.82) is 0 Å². The van der Waals surface area contributed by atoms with E-state index < -0.39 is 23.0 Å². The third-order valence-corrected chi connectivity index (χ3v) is 6.21. The molecule has 1 spiro atoms. The van der Waals surface area contributed by atoms with Crippen LogP contribution in [0.5, 0.6) is 0 Å². The van der Waals surface area contributed by atoms with Gasteiger partial charge in [-0.2, -0.15) is 0 Å². The molecule has 1 unspecified atom stereocenters. The van der Waals surface area contributed by atoms with Crippen LogP contribution in [0.1, 0.15) is 52.4 Å². The molecule has 0 aromatic rings. The fraction of sp³-hybridized carbons (Fsp3) is 0.700. The highest BCUT2D eigenvalue weighted by Crippen LogP contribution is 2.61. The van der Waals surface area contributed by atoms with E-state index in [0.717, 1.165) is 25.7 Å². The minimum Gasteiger partial charge on any atom is -0.465 e. The summed E-state index contributed by atoms with van der Waals surface area (Å²) in [5.74, 6) is -0.758. The third-order valence-electron chi connectivity index (χ3n) is 6.21. The van der Waals surface area contributed by atoms with E-state index in [-0.39, 0.29) is 25.2 Å². The van der Waals surface area contributed by atoms with Crippen molar-refractivity contribution in [3.63, 3.8) is 0 Å². The molecule has 0 N–H and O–H groups in total. The van der Waals surface area contributed by atoms with Crippen LogP contribution in [-0.2, 0) is 23.8 Å². The second-order valence-electron chi connectivity index (χ2n) is 7.62. The minimum absolute atomic E-state index is 0.118. The van der Waals surface area contributed by atoms with Gasteiger partial charge in [0.25, 0.3) is 0 Å². The van der Waals surface area contributed by atoms with Gasteiger partial charge in [0.15, 0.2) is 5.41 Å². The molecule has 1 saturated carbocycles. The number of rotatable bonds is 4. The molecule has 5 heteroatoms. The van der Waals surface area contributed by atoms with E-state index in [0.29, 0.717) is 12.8 Å². The first-order valence-corrected chi connectivity index (χ1v) is 9.49. The molecule has 2 aliphatic carbocycles. The maximum atomic E-state index is 12.7. The summed E-state index contributed by atoms with van der Waals surface area (Å²) < 4.78 is 17.0. The Kier molecular flexibility index (Phi) is 4.02. The van der Waals surface area contributed by atoms with Crippen molar-refractivity contribution in [1.82, 2.24) is 0 Å². The van der Waals surface area contributed by atoms with Gasteiger partial charge >= 0.3 is 11.9 Å². The standard InChI is InChI=1S/C20H26O5/c1-3-23-17(21)19(18(22)24-4-2)11-14-9-16-15-8-6-5-7-13(15)10-20(14,12-19)25-16/h8,10,14,16H,3-7,9,11-12H2,1-2H3/t14-,16?,20+/m0/s1. The lowest BCUT2D eigenvalue weighted by atomic mass is 9.81. The van der Waals surface area contributed by atoms with Crippen LogP contribution in [0, 0.1) is 11.3 Å². The van der Waals surface area contributed by atoms with E-state index in [1.165, 1.54) is 11.1 Å². The number of carbonyl (C=O) groups is 2. The number of hydrogen-bond donors (Lipinski definition) is 0. The molecule has 1 saturated heterocycles. The molecule has 4 rings (SSSR count). The first-order valence-electron chi connectivity index (χ1n) is 9.49. The zero-order chi connectivity index (χ0) is 17.7. The first-order chi connectivity index (χ1) is 12.0. The summed E-state index contributed by atoms with van der Waals surface area (Å²) in [6.45, 7) is 4.04. The summed E-state index contributed by atoms with van der Waals surface area (Å²) in [6, 6.07) is 0. The molecule has 2 fully saturated rings. The van der Waals surface area contributed by atoms with Crippen molar-refractivity contribution in [3.05, 3.63) is 23.3 Å². The second kappa shape index (κ2) is 5.97. The lowest BCUT2D eigenvalue weighted by Gasteiger charge is -2.36. The van der Waals surface area contributed by atoms with Crippen molar-refractivity contribution in [2.24, 2.45) is 11.3 Å². The smallest absolute Gasteiger partial charge is 0.323 e. The van der Waals surface area contributed by atoms with Gasteiger partial charge < -0.3 is 14.2 Å². The highest BCUT2D eigenvalue weighted by molar-refractivity contribution is 6.01. The Morgan fingerprint density at radius 3 is 2.64 bits per heavy atom. The Bertz CT molecular complexity index is 643. The lowest BCUT2D eigenvalue weighted by molar-refractivity contribution is -0.173. The zero-order valence-corrected chi connectivity index (χ0v) is 15.0. The number of carbonyl (C=O) groups excluding carboxylic acids is 2. The van der Waals surface area contributed by atoms with E-state index in [1.807, 2.05) is 0 Å². The summed E-state index contributed by atoms with van der Waals surface area (Å²) in [5.41, 5.74) is 0.945. The van der Waals surface area contributed by atoms with Crippen LogP contribution in [-0.4, -0.2) is 36.9 Å². The monoisotopic (exact) mass is 346 g/mol. The van der Waals surface area contributed by atoms with Crippen LogP contribution in [0.3, 0.4) is 0 Å². The maximum absolute atomic E-state index is 12.7. The van der Waals surface area contributed by atoms with Crippen LogP contribution >= 0.6 is 0 Å². The topological polar surface area (TPSA) is 61.8 Å². The summed E-state index contributed by atoms with van der Waals surface area (Å²) >= 11 is 0. The fourth-order valence-corrected chi connectivity index (χ4v) is 5.21. The van der Waals surface area contributed by atoms with Crippen LogP contribution in [0.25, 0.3) is 0 Å². The SMILES string of the molecule is CCOC(=O)C1(C(=O)OCC)C[C@@H]2CC3O[C@]2(C=C2CCCC=C23)C1. The molecule has 25 heavy (non-hydrogen) atoms. The summed E-state index contributed by atoms with van der Waals surface area (Å²) in [7, 11) is 0.